The summed E-state index contributed by atoms with van der Waals surface area (Å²) in [6, 6.07) is 0. The number of carbonyl (C=O) groups excluding carboxylic acids is 2. The molecular formula is C7H13N3O4S. The summed E-state index contributed by atoms with van der Waals surface area (Å²) < 4.78 is 24.1. The van der Waals surface area contributed by atoms with Gasteiger partial charge in [0.15, 0.2) is 0 Å². The number of imide groups is 1. The molecule has 2 amide bonds. The Morgan fingerprint density at radius 2 is 1.87 bits per heavy atom. The summed E-state index contributed by atoms with van der Waals surface area (Å²) in [5.41, 5.74) is 0. The molecule has 0 aliphatic carbocycles. The van der Waals surface area contributed by atoms with Crippen LogP contribution in [0.1, 0.15) is 0 Å². The Kier molecular flexibility index (Phi) is 3.77. The van der Waals surface area contributed by atoms with Crippen LogP contribution in [0, 0.1) is 0 Å². The molecule has 0 atom stereocenters. The number of piperazine rings is 1. The Bertz CT molecular complexity index is 348. The summed E-state index contributed by atoms with van der Waals surface area (Å²) in [6.45, 7) is -0.274. The zero-order valence-electron chi connectivity index (χ0n) is 8.32. The number of rotatable bonds is 4. The summed E-state index contributed by atoms with van der Waals surface area (Å²) >= 11 is 0. The lowest BCUT2D eigenvalue weighted by molar-refractivity contribution is -0.134. The largest absolute Gasteiger partial charge is 0.319 e. The van der Waals surface area contributed by atoms with E-state index in [0.29, 0.717) is 0 Å². The molecule has 15 heavy (non-hydrogen) atoms. The van der Waals surface area contributed by atoms with Crippen molar-refractivity contribution < 1.29 is 18.0 Å². The molecule has 1 aliphatic rings. The van der Waals surface area contributed by atoms with Gasteiger partial charge >= 0.3 is 0 Å². The fourth-order valence-corrected chi connectivity index (χ4v) is 2.52. The summed E-state index contributed by atoms with van der Waals surface area (Å²) in [7, 11) is -1.89. The number of amides is 2. The molecule has 1 heterocycles. The second-order valence-electron chi connectivity index (χ2n) is 3.16. The van der Waals surface area contributed by atoms with Crippen molar-refractivity contribution in [1.82, 2.24) is 14.9 Å². The first-order valence-corrected chi connectivity index (χ1v) is 6.02. The van der Waals surface area contributed by atoms with Crippen LogP contribution in [-0.4, -0.2) is 57.0 Å². The molecule has 8 heteroatoms. The van der Waals surface area contributed by atoms with Gasteiger partial charge in [-0.05, 0) is 7.05 Å². The highest BCUT2D eigenvalue weighted by Crippen LogP contribution is 2.03. The van der Waals surface area contributed by atoms with Gasteiger partial charge in [-0.15, -0.1) is 0 Å². The van der Waals surface area contributed by atoms with Gasteiger partial charge in [0, 0.05) is 6.54 Å². The summed E-state index contributed by atoms with van der Waals surface area (Å²) in [5, 5.41) is 4.73. The minimum absolute atomic E-state index is 0.121. The van der Waals surface area contributed by atoms with E-state index in [2.05, 4.69) is 5.32 Å². The van der Waals surface area contributed by atoms with Crippen LogP contribution >= 0.6 is 0 Å². The first-order valence-electron chi connectivity index (χ1n) is 4.41. The molecule has 0 aromatic rings. The molecule has 1 saturated heterocycles. The highest BCUT2D eigenvalue weighted by molar-refractivity contribution is 7.89. The average molecular weight is 235 g/mol. The zero-order chi connectivity index (χ0) is 11.5. The first-order chi connectivity index (χ1) is 6.95. The molecule has 1 aliphatic heterocycles. The minimum Gasteiger partial charge on any atom is -0.319 e. The van der Waals surface area contributed by atoms with Crippen molar-refractivity contribution in [2.24, 2.45) is 0 Å². The van der Waals surface area contributed by atoms with Crippen LogP contribution in [0.3, 0.4) is 0 Å². The number of sulfonamides is 1. The second kappa shape index (κ2) is 4.69. The van der Waals surface area contributed by atoms with Gasteiger partial charge in [-0.1, -0.05) is 0 Å². The third-order valence-electron chi connectivity index (χ3n) is 1.92. The predicted molar refractivity (Wildman–Crippen MR) is 52.4 cm³/mol. The highest BCUT2D eigenvalue weighted by Gasteiger charge is 2.30. The van der Waals surface area contributed by atoms with E-state index in [0.717, 1.165) is 4.31 Å². The quantitative estimate of drug-likeness (QED) is 0.525. The van der Waals surface area contributed by atoms with E-state index in [-0.39, 0.29) is 25.4 Å². The van der Waals surface area contributed by atoms with E-state index in [1.165, 1.54) is 0 Å². The molecule has 2 N–H and O–H groups in total. The average Bonchev–Trinajstić information content (AvgIpc) is 2.13. The van der Waals surface area contributed by atoms with Crippen LogP contribution < -0.4 is 10.6 Å². The fourth-order valence-electron chi connectivity index (χ4n) is 1.17. The molecule has 7 nitrogen and oxygen atoms in total. The van der Waals surface area contributed by atoms with Crippen LogP contribution in [0.4, 0.5) is 0 Å². The van der Waals surface area contributed by atoms with Gasteiger partial charge in [-0.2, -0.15) is 4.31 Å². The fraction of sp³-hybridized carbons (Fsp3) is 0.714. The summed E-state index contributed by atoms with van der Waals surface area (Å²) in [4.78, 5) is 21.9. The molecule has 0 radical (unpaired) electrons. The van der Waals surface area contributed by atoms with E-state index in [9.17, 15) is 18.0 Å². The number of hydrogen-bond donors (Lipinski definition) is 2. The lowest BCUT2D eigenvalue weighted by atomic mass is 10.4. The Morgan fingerprint density at radius 3 is 2.33 bits per heavy atom. The Balaban J connectivity index is 2.70. The lowest BCUT2D eigenvalue weighted by Gasteiger charge is -2.24. The lowest BCUT2D eigenvalue weighted by Crippen LogP contribution is -2.54. The molecular weight excluding hydrogens is 222 g/mol. The number of nitrogens with one attached hydrogen (secondary N) is 2. The van der Waals surface area contributed by atoms with E-state index in [1.54, 1.807) is 7.05 Å². The standard InChI is InChI=1S/C7H13N3O4S/c1-8-2-3-15(13,14)10-4-6(11)9-7(12)5-10/h8H,2-5H2,1H3,(H,9,11,12). The SMILES string of the molecule is CNCCS(=O)(=O)N1CC(=O)NC(=O)C1. The normalized spacial score (nSPS) is 19.0. The van der Waals surface area contributed by atoms with Gasteiger partial charge < -0.3 is 5.32 Å². The molecule has 86 valence electrons. The smallest absolute Gasteiger partial charge is 0.241 e. The van der Waals surface area contributed by atoms with Crippen LogP contribution in [-0.2, 0) is 19.6 Å². The van der Waals surface area contributed by atoms with Crippen LogP contribution in [0.2, 0.25) is 0 Å². The minimum atomic E-state index is -3.52. The monoisotopic (exact) mass is 235 g/mol. The third kappa shape index (κ3) is 3.26. The molecule has 0 spiro atoms. The van der Waals surface area contributed by atoms with Crippen LogP contribution in [0.5, 0.6) is 0 Å². The van der Waals surface area contributed by atoms with E-state index in [4.69, 9.17) is 0 Å². The Hall–Kier alpha value is -0.990. The van der Waals surface area contributed by atoms with Crippen molar-refractivity contribution in [3.63, 3.8) is 0 Å². The van der Waals surface area contributed by atoms with Crippen LogP contribution in [0.15, 0.2) is 0 Å². The van der Waals surface area contributed by atoms with Crippen molar-refractivity contribution >= 4 is 21.8 Å². The summed E-state index contributed by atoms with van der Waals surface area (Å²) in [6.07, 6.45) is 0. The van der Waals surface area contributed by atoms with Gasteiger partial charge in [-0.25, -0.2) is 8.42 Å². The third-order valence-corrected chi connectivity index (χ3v) is 3.69. The van der Waals surface area contributed by atoms with Crippen molar-refractivity contribution in [3.8, 4) is 0 Å². The molecule has 1 fully saturated rings. The molecule has 0 aromatic heterocycles. The topological polar surface area (TPSA) is 95.6 Å². The van der Waals surface area contributed by atoms with Gasteiger partial charge in [0.1, 0.15) is 0 Å². The van der Waals surface area contributed by atoms with E-state index in [1.807, 2.05) is 5.32 Å². The van der Waals surface area contributed by atoms with Gasteiger partial charge in [0.25, 0.3) is 0 Å². The predicted octanol–water partition coefficient (Wildman–Crippen LogP) is -2.51. The Morgan fingerprint density at radius 1 is 1.33 bits per heavy atom. The first kappa shape index (κ1) is 12.1. The van der Waals surface area contributed by atoms with Crippen LogP contribution in [0.25, 0.3) is 0 Å². The maximum atomic E-state index is 11.6. The van der Waals surface area contributed by atoms with Gasteiger partial charge in [-0.3, -0.25) is 14.9 Å². The molecule has 1 rings (SSSR count). The van der Waals surface area contributed by atoms with Gasteiger partial charge in [0.05, 0.1) is 18.8 Å². The summed E-state index contributed by atoms with van der Waals surface area (Å²) in [5.74, 6) is -1.29. The van der Waals surface area contributed by atoms with Crippen molar-refractivity contribution in [1.29, 1.82) is 0 Å². The second-order valence-corrected chi connectivity index (χ2v) is 5.25. The van der Waals surface area contributed by atoms with E-state index < -0.39 is 21.8 Å². The molecule has 0 saturated carbocycles. The van der Waals surface area contributed by atoms with Crippen molar-refractivity contribution in [2.45, 2.75) is 0 Å². The number of hydrogen-bond acceptors (Lipinski definition) is 5. The number of nitrogens with zero attached hydrogens (tertiary/aromatic N) is 1. The zero-order valence-corrected chi connectivity index (χ0v) is 9.13. The Labute approximate surface area is 87.9 Å². The van der Waals surface area contributed by atoms with Crippen molar-refractivity contribution in [3.05, 3.63) is 0 Å². The maximum absolute atomic E-state index is 11.6. The molecule has 0 unspecified atom stereocenters. The van der Waals surface area contributed by atoms with E-state index >= 15 is 0 Å². The molecule has 0 aromatic carbocycles. The van der Waals surface area contributed by atoms with Gasteiger partial charge in [0.2, 0.25) is 21.8 Å². The maximum Gasteiger partial charge on any atom is 0.241 e. The highest BCUT2D eigenvalue weighted by atomic mass is 32.2. The molecule has 0 bridgehead atoms. The number of carbonyl (C=O) groups is 2. The van der Waals surface area contributed by atoms with Crippen molar-refractivity contribution in [2.75, 3.05) is 32.4 Å².